The average molecular weight is 382 g/mol. The lowest BCUT2D eigenvalue weighted by molar-refractivity contribution is -0.306. The molecular formula is C18H16N5O3S-. The van der Waals surface area contributed by atoms with Gasteiger partial charge in [0.05, 0.1) is 24.3 Å². The molecular weight excluding hydrogens is 366 g/mol. The van der Waals surface area contributed by atoms with Crippen LogP contribution in [-0.4, -0.2) is 37.8 Å². The molecule has 0 aliphatic heterocycles. The lowest BCUT2D eigenvalue weighted by Gasteiger charge is -2.19. The Bertz CT molecular complexity index is 862. The van der Waals surface area contributed by atoms with Gasteiger partial charge in [0, 0.05) is 0 Å². The Morgan fingerprint density at radius 3 is 2.19 bits per heavy atom. The van der Waals surface area contributed by atoms with Gasteiger partial charge in [-0.1, -0.05) is 72.4 Å². The molecule has 0 aliphatic rings. The predicted octanol–water partition coefficient (Wildman–Crippen LogP) is 0.421. The van der Waals surface area contributed by atoms with E-state index in [9.17, 15) is 14.7 Å². The van der Waals surface area contributed by atoms with Gasteiger partial charge >= 0.3 is 0 Å². The molecule has 3 aromatic rings. The van der Waals surface area contributed by atoms with Gasteiger partial charge in [0.15, 0.2) is 0 Å². The van der Waals surface area contributed by atoms with Gasteiger partial charge in [-0.15, -0.1) is 5.10 Å². The summed E-state index contributed by atoms with van der Waals surface area (Å²) < 4.78 is 1.08. The lowest BCUT2D eigenvalue weighted by Crippen LogP contribution is -2.31. The number of carboxylic acid groups (broad SMARTS) is 1. The maximum Gasteiger partial charge on any atom is 0.231 e. The molecule has 27 heavy (non-hydrogen) atoms. The number of aliphatic carboxylic acids is 1. The van der Waals surface area contributed by atoms with E-state index in [1.165, 1.54) is 0 Å². The predicted molar refractivity (Wildman–Crippen MR) is 96.4 cm³/mol. The molecule has 0 saturated heterocycles. The van der Waals surface area contributed by atoms with E-state index in [0.29, 0.717) is 0 Å². The molecule has 1 heterocycles. The molecule has 1 amide bonds. The van der Waals surface area contributed by atoms with E-state index in [-0.39, 0.29) is 22.9 Å². The Hall–Kier alpha value is -3.20. The van der Waals surface area contributed by atoms with Crippen molar-refractivity contribution in [2.24, 2.45) is 0 Å². The third-order valence-corrected chi connectivity index (χ3v) is 4.64. The summed E-state index contributed by atoms with van der Waals surface area (Å²) in [7, 11) is 0. The highest BCUT2D eigenvalue weighted by Crippen LogP contribution is 2.22. The second-order valence-electron chi connectivity index (χ2n) is 5.60. The first-order valence-electron chi connectivity index (χ1n) is 8.11. The summed E-state index contributed by atoms with van der Waals surface area (Å²) in [5.41, 5.74) is 1.92. The largest absolute Gasteiger partial charge is 0.548 e. The highest BCUT2D eigenvalue weighted by molar-refractivity contribution is 7.99. The number of carboxylic acids is 1. The van der Waals surface area contributed by atoms with E-state index in [4.69, 9.17) is 0 Å². The minimum atomic E-state index is -1.30. The van der Waals surface area contributed by atoms with Crippen LogP contribution in [0.2, 0.25) is 0 Å². The maximum atomic E-state index is 12.5. The number of amides is 1. The van der Waals surface area contributed by atoms with Crippen LogP contribution in [0.4, 0.5) is 0 Å². The number of carbonyl (C=O) groups is 2. The fourth-order valence-electron chi connectivity index (χ4n) is 2.50. The molecule has 0 atom stereocenters. The van der Waals surface area contributed by atoms with Gasteiger partial charge in [0.1, 0.15) is 0 Å². The van der Waals surface area contributed by atoms with Crippen LogP contribution in [0.25, 0.3) is 0 Å². The third kappa shape index (κ3) is 5.14. The second-order valence-corrected chi connectivity index (χ2v) is 6.54. The van der Waals surface area contributed by atoms with Crippen molar-refractivity contribution in [2.75, 3.05) is 5.75 Å². The van der Waals surface area contributed by atoms with Crippen molar-refractivity contribution in [2.45, 2.75) is 17.7 Å². The van der Waals surface area contributed by atoms with Crippen molar-refractivity contribution in [1.82, 2.24) is 25.5 Å². The summed E-state index contributed by atoms with van der Waals surface area (Å²) in [6.07, 6.45) is 0. The first-order valence-corrected chi connectivity index (χ1v) is 9.10. The molecule has 9 heteroatoms. The molecule has 0 spiro atoms. The van der Waals surface area contributed by atoms with E-state index >= 15 is 0 Å². The number of nitrogens with zero attached hydrogens (tertiary/aromatic N) is 4. The molecule has 0 saturated carbocycles. The molecule has 2 aromatic carbocycles. The Balaban J connectivity index is 1.69. The summed E-state index contributed by atoms with van der Waals surface area (Å²) in [5, 5.41) is 24.7. The molecule has 0 unspecified atom stereocenters. The minimum Gasteiger partial charge on any atom is -0.548 e. The van der Waals surface area contributed by atoms with Crippen molar-refractivity contribution in [1.29, 1.82) is 0 Å². The first-order chi connectivity index (χ1) is 13.1. The molecule has 0 radical (unpaired) electrons. The number of aromatic nitrogens is 4. The SMILES string of the molecule is O=C([O-])Cn1nnnc1SCC(=O)NC(c1ccccc1)c1ccccc1. The van der Waals surface area contributed by atoms with Gasteiger partial charge in [0.25, 0.3) is 0 Å². The maximum absolute atomic E-state index is 12.5. The molecule has 0 bridgehead atoms. The van der Waals surface area contributed by atoms with E-state index in [1.807, 2.05) is 60.7 Å². The molecule has 3 rings (SSSR count). The average Bonchev–Trinajstić information content (AvgIpc) is 3.12. The van der Waals surface area contributed by atoms with Crippen LogP contribution in [0.1, 0.15) is 17.2 Å². The number of carbonyl (C=O) groups excluding carboxylic acids is 2. The second kappa shape index (κ2) is 8.95. The smallest absolute Gasteiger partial charge is 0.231 e. The molecule has 0 aliphatic carbocycles. The number of rotatable bonds is 8. The number of nitrogens with one attached hydrogen (secondary N) is 1. The molecule has 1 aromatic heterocycles. The Morgan fingerprint density at radius 2 is 1.63 bits per heavy atom. The normalized spacial score (nSPS) is 10.7. The number of tetrazole rings is 1. The zero-order chi connectivity index (χ0) is 19.1. The summed E-state index contributed by atoms with van der Waals surface area (Å²) in [4.78, 5) is 23.2. The Labute approximate surface area is 159 Å². The summed E-state index contributed by atoms with van der Waals surface area (Å²) in [6.45, 7) is -0.465. The Morgan fingerprint density at radius 1 is 1.04 bits per heavy atom. The zero-order valence-electron chi connectivity index (χ0n) is 14.2. The number of benzene rings is 2. The summed E-state index contributed by atoms with van der Waals surface area (Å²) >= 11 is 1.06. The van der Waals surface area contributed by atoms with Crippen molar-refractivity contribution in [3.8, 4) is 0 Å². The van der Waals surface area contributed by atoms with Crippen LogP contribution in [0, 0.1) is 0 Å². The van der Waals surface area contributed by atoms with Gasteiger partial charge in [-0.25, -0.2) is 4.68 Å². The van der Waals surface area contributed by atoms with Crippen molar-refractivity contribution >= 4 is 23.6 Å². The lowest BCUT2D eigenvalue weighted by atomic mass is 9.99. The zero-order valence-corrected chi connectivity index (χ0v) is 15.0. The van der Waals surface area contributed by atoms with Crippen LogP contribution < -0.4 is 10.4 Å². The van der Waals surface area contributed by atoms with Gasteiger partial charge in [-0.3, -0.25) is 4.79 Å². The highest BCUT2D eigenvalue weighted by atomic mass is 32.2. The van der Waals surface area contributed by atoms with Crippen molar-refractivity contribution < 1.29 is 14.7 Å². The van der Waals surface area contributed by atoms with Crippen LogP contribution in [-0.2, 0) is 16.1 Å². The van der Waals surface area contributed by atoms with Crippen molar-refractivity contribution in [3.63, 3.8) is 0 Å². The Kier molecular flexibility index (Phi) is 6.16. The number of thioether (sulfide) groups is 1. The topological polar surface area (TPSA) is 113 Å². The first kappa shape index (κ1) is 18.6. The summed E-state index contributed by atoms with van der Waals surface area (Å²) in [5.74, 6) is -1.48. The van der Waals surface area contributed by atoms with Crippen LogP contribution in [0.3, 0.4) is 0 Å². The van der Waals surface area contributed by atoms with Crippen molar-refractivity contribution in [3.05, 3.63) is 71.8 Å². The molecule has 8 nitrogen and oxygen atoms in total. The molecule has 1 N–H and O–H groups in total. The van der Waals surface area contributed by atoms with Gasteiger partial charge in [-0.2, -0.15) is 0 Å². The van der Waals surface area contributed by atoms with E-state index in [0.717, 1.165) is 27.6 Å². The van der Waals surface area contributed by atoms with Gasteiger partial charge in [-0.05, 0) is 21.6 Å². The fraction of sp³-hybridized carbons (Fsp3) is 0.167. The number of hydrogen-bond acceptors (Lipinski definition) is 7. The quantitative estimate of drug-likeness (QED) is 0.562. The van der Waals surface area contributed by atoms with Crippen LogP contribution in [0.5, 0.6) is 0 Å². The number of hydrogen-bond donors (Lipinski definition) is 1. The van der Waals surface area contributed by atoms with Gasteiger partial charge < -0.3 is 15.2 Å². The molecule has 0 fully saturated rings. The molecule has 138 valence electrons. The van der Waals surface area contributed by atoms with E-state index < -0.39 is 12.5 Å². The minimum absolute atomic E-state index is 0.0452. The summed E-state index contributed by atoms with van der Waals surface area (Å²) in [6, 6.07) is 19.0. The fourth-order valence-corrected chi connectivity index (χ4v) is 3.19. The third-order valence-electron chi connectivity index (χ3n) is 3.68. The monoisotopic (exact) mass is 382 g/mol. The standard InChI is InChI=1S/C18H17N5O3S/c24-15(12-27-18-20-21-22-23(18)11-16(25)26)19-17(13-7-3-1-4-8-13)14-9-5-2-6-10-14/h1-10,17H,11-12H2,(H,19,24)(H,25,26)/p-1. The van der Waals surface area contributed by atoms with Gasteiger partial charge in [0.2, 0.25) is 11.1 Å². The van der Waals surface area contributed by atoms with E-state index in [2.05, 4.69) is 20.8 Å². The van der Waals surface area contributed by atoms with E-state index in [1.54, 1.807) is 0 Å². The van der Waals surface area contributed by atoms with Crippen LogP contribution >= 0.6 is 11.8 Å². The van der Waals surface area contributed by atoms with Crippen LogP contribution in [0.15, 0.2) is 65.8 Å². The highest BCUT2D eigenvalue weighted by Gasteiger charge is 2.17.